The van der Waals surface area contributed by atoms with E-state index in [0.29, 0.717) is 16.7 Å². The van der Waals surface area contributed by atoms with Crippen molar-refractivity contribution in [2.24, 2.45) is 17.6 Å². The zero-order valence-corrected chi connectivity index (χ0v) is 24.8. The van der Waals surface area contributed by atoms with Crippen molar-refractivity contribution < 1.29 is 49.1 Å². The number of primary amides is 1. The number of ketones is 2. The number of aliphatic hydroxyl groups excluding tert-OH is 2. The molecule has 2 aromatic rings. The summed E-state index contributed by atoms with van der Waals surface area (Å²) in [4.78, 5) is 65.4. The maximum Gasteiger partial charge on any atom is 0.325 e. The lowest BCUT2D eigenvalue weighted by Gasteiger charge is -2.50. The first kappa shape index (κ1) is 31.4. The predicted octanol–water partition coefficient (Wildman–Crippen LogP) is 0.924. The van der Waals surface area contributed by atoms with E-state index in [9.17, 15) is 44.4 Å². The molecule has 3 aliphatic rings. The lowest BCUT2D eigenvalue weighted by Crippen LogP contribution is -2.65. The standard InChI is InChI=1S/C32H33N3O10/c1-4-45-21(37)13-34-31(43)15-7-5-6-14(10-15)17-8-9-20(36)23-18(17)11-16-12-19-25(35(2)3)27(39)24(30(33)42)29(41)32(19,44)28(40)22(16)26(23)38/h5-10,16,19,25,36,38,41,44H,4,11-13H2,1-3H3,(H2,33,42)(H,34,43)/t16-,19-,25+,32-/m0/s1. The molecule has 0 aromatic heterocycles. The van der Waals surface area contributed by atoms with Crippen molar-refractivity contribution in [1.82, 2.24) is 10.2 Å². The molecule has 0 bridgehead atoms. The highest BCUT2D eigenvalue weighted by atomic mass is 16.5. The van der Waals surface area contributed by atoms with E-state index in [1.807, 2.05) is 0 Å². The molecule has 2 aromatic carbocycles. The molecule has 7 N–H and O–H groups in total. The van der Waals surface area contributed by atoms with Crippen LogP contribution in [-0.4, -0.2) is 93.6 Å². The lowest BCUT2D eigenvalue weighted by molar-refractivity contribution is -0.153. The molecular formula is C32H33N3O10. The molecule has 236 valence electrons. The van der Waals surface area contributed by atoms with Gasteiger partial charge >= 0.3 is 5.97 Å². The zero-order valence-electron chi connectivity index (χ0n) is 24.8. The SMILES string of the molecule is CCOC(=O)CNC(=O)c1cccc(-c2ccc(O)c3c2C[C@H]2C[C@H]4[C@@H](N(C)C)C(=O)C(C(N)=O)=C(O)[C@@]4(O)C(=O)C2=C3O)c1. The number of hydrogen-bond acceptors (Lipinski definition) is 11. The quantitative estimate of drug-likeness (QED) is 0.189. The predicted molar refractivity (Wildman–Crippen MR) is 159 cm³/mol. The Morgan fingerprint density at radius 1 is 1.11 bits per heavy atom. The molecule has 0 radical (unpaired) electrons. The molecule has 0 spiro atoms. The van der Waals surface area contributed by atoms with E-state index < -0.39 is 69.9 Å². The molecule has 1 fully saturated rings. The Bertz CT molecular complexity index is 1730. The molecule has 13 heteroatoms. The number of phenolic OH excluding ortho intramolecular Hbond substituents is 1. The first-order valence-corrected chi connectivity index (χ1v) is 14.3. The van der Waals surface area contributed by atoms with Crippen molar-refractivity contribution in [1.29, 1.82) is 0 Å². The topological polar surface area (TPSA) is 217 Å². The third-order valence-electron chi connectivity index (χ3n) is 8.74. The number of likely N-dealkylation sites (N-methyl/N-ethyl adjacent to an activating group) is 1. The Balaban J connectivity index is 1.60. The summed E-state index contributed by atoms with van der Waals surface area (Å²) in [7, 11) is 3.05. The summed E-state index contributed by atoms with van der Waals surface area (Å²) in [6.45, 7) is 1.50. The smallest absolute Gasteiger partial charge is 0.325 e. The van der Waals surface area contributed by atoms with Crippen LogP contribution in [0.4, 0.5) is 0 Å². The number of fused-ring (bicyclic) bond motifs is 3. The Morgan fingerprint density at radius 2 is 1.82 bits per heavy atom. The number of nitrogens with zero attached hydrogens (tertiary/aromatic N) is 1. The minimum atomic E-state index is -2.73. The number of amides is 2. The van der Waals surface area contributed by atoms with Gasteiger partial charge in [0.2, 0.25) is 5.78 Å². The lowest BCUT2D eigenvalue weighted by atomic mass is 9.57. The molecule has 0 heterocycles. The minimum Gasteiger partial charge on any atom is -0.508 e. The van der Waals surface area contributed by atoms with Crippen LogP contribution in [0.15, 0.2) is 53.3 Å². The maximum absolute atomic E-state index is 14.0. The second kappa shape index (κ2) is 11.5. The molecule has 3 aliphatic carbocycles. The fourth-order valence-electron chi connectivity index (χ4n) is 6.81. The van der Waals surface area contributed by atoms with E-state index in [-0.39, 0.29) is 48.4 Å². The zero-order chi connectivity index (χ0) is 33.0. The fourth-order valence-corrected chi connectivity index (χ4v) is 6.81. The van der Waals surface area contributed by atoms with Crippen molar-refractivity contribution in [3.8, 4) is 16.9 Å². The van der Waals surface area contributed by atoms with Gasteiger partial charge in [-0.25, -0.2) is 0 Å². The summed E-state index contributed by atoms with van der Waals surface area (Å²) in [6, 6.07) is 8.18. The average Bonchev–Trinajstić information content (AvgIpc) is 2.97. The summed E-state index contributed by atoms with van der Waals surface area (Å²) in [5.41, 5.74) is 3.17. The molecular weight excluding hydrogens is 586 g/mol. The fraction of sp³-hybridized carbons (Fsp3) is 0.344. The second-order valence-electron chi connectivity index (χ2n) is 11.5. The highest BCUT2D eigenvalue weighted by Crippen LogP contribution is 2.53. The number of aromatic hydroxyl groups is 1. The number of nitrogens with one attached hydrogen (secondary N) is 1. The van der Waals surface area contributed by atoms with Crippen LogP contribution < -0.4 is 11.1 Å². The summed E-state index contributed by atoms with van der Waals surface area (Å²) in [6.07, 6.45) is 0.0225. The van der Waals surface area contributed by atoms with Crippen molar-refractivity contribution in [2.45, 2.75) is 31.4 Å². The maximum atomic E-state index is 14.0. The molecule has 0 saturated heterocycles. The number of nitrogens with two attached hydrogens (primary N) is 1. The average molecular weight is 620 g/mol. The van der Waals surface area contributed by atoms with Gasteiger partial charge in [0.15, 0.2) is 11.4 Å². The van der Waals surface area contributed by atoms with Gasteiger partial charge in [-0.2, -0.15) is 0 Å². The first-order valence-electron chi connectivity index (χ1n) is 14.3. The number of benzene rings is 2. The molecule has 45 heavy (non-hydrogen) atoms. The second-order valence-corrected chi connectivity index (χ2v) is 11.5. The number of carbonyl (C=O) groups is 5. The minimum absolute atomic E-state index is 0.0584. The number of phenols is 1. The van der Waals surface area contributed by atoms with Gasteiger partial charge in [0, 0.05) is 17.1 Å². The van der Waals surface area contributed by atoms with E-state index in [1.54, 1.807) is 37.3 Å². The highest BCUT2D eigenvalue weighted by Gasteiger charge is 2.64. The number of aliphatic hydroxyl groups is 3. The van der Waals surface area contributed by atoms with Crippen molar-refractivity contribution in [3.63, 3.8) is 0 Å². The number of esters is 1. The molecule has 4 atom stereocenters. The molecule has 1 saturated carbocycles. The Kier molecular flexibility index (Phi) is 8.02. The van der Waals surface area contributed by atoms with Gasteiger partial charge in [-0.05, 0) is 74.7 Å². The van der Waals surface area contributed by atoms with E-state index in [1.165, 1.54) is 25.1 Å². The highest BCUT2D eigenvalue weighted by molar-refractivity contribution is 6.24. The molecule has 0 unspecified atom stereocenters. The van der Waals surface area contributed by atoms with Gasteiger partial charge < -0.3 is 36.2 Å². The Hall–Kier alpha value is -5.01. The van der Waals surface area contributed by atoms with Crippen LogP contribution in [0.2, 0.25) is 0 Å². The molecule has 0 aliphatic heterocycles. The van der Waals surface area contributed by atoms with Crippen molar-refractivity contribution >= 4 is 35.1 Å². The molecule has 2 amide bonds. The third-order valence-corrected chi connectivity index (χ3v) is 8.74. The van der Waals surface area contributed by atoms with Gasteiger partial charge in [-0.3, -0.25) is 28.9 Å². The summed E-state index contributed by atoms with van der Waals surface area (Å²) in [5.74, 6) is -8.46. The molecule has 5 rings (SSSR count). The van der Waals surface area contributed by atoms with Gasteiger partial charge in [-0.15, -0.1) is 0 Å². The van der Waals surface area contributed by atoms with E-state index in [0.717, 1.165) is 0 Å². The Morgan fingerprint density at radius 3 is 2.47 bits per heavy atom. The van der Waals surface area contributed by atoms with Crippen LogP contribution in [-0.2, 0) is 30.3 Å². The van der Waals surface area contributed by atoms with Crippen LogP contribution >= 0.6 is 0 Å². The summed E-state index contributed by atoms with van der Waals surface area (Å²) < 4.78 is 4.84. The number of carbonyl (C=O) groups excluding carboxylic acids is 5. The number of hydrogen-bond donors (Lipinski definition) is 6. The van der Waals surface area contributed by atoms with E-state index in [4.69, 9.17) is 10.5 Å². The van der Waals surface area contributed by atoms with Crippen LogP contribution in [0.3, 0.4) is 0 Å². The van der Waals surface area contributed by atoms with Gasteiger partial charge in [0.25, 0.3) is 11.8 Å². The van der Waals surface area contributed by atoms with Crippen molar-refractivity contribution in [2.75, 3.05) is 27.2 Å². The summed E-state index contributed by atoms with van der Waals surface area (Å²) >= 11 is 0. The molecule has 13 nitrogen and oxygen atoms in total. The Labute approximate surface area is 257 Å². The van der Waals surface area contributed by atoms with Gasteiger partial charge in [-0.1, -0.05) is 18.2 Å². The summed E-state index contributed by atoms with van der Waals surface area (Å²) in [5, 5.41) is 47.6. The third kappa shape index (κ3) is 4.93. The van der Waals surface area contributed by atoms with Crippen molar-refractivity contribution in [3.05, 3.63) is 70.0 Å². The monoisotopic (exact) mass is 619 g/mol. The van der Waals surface area contributed by atoms with E-state index in [2.05, 4.69) is 5.32 Å². The van der Waals surface area contributed by atoms with Gasteiger partial charge in [0.1, 0.15) is 29.4 Å². The largest absolute Gasteiger partial charge is 0.508 e. The van der Waals surface area contributed by atoms with Gasteiger partial charge in [0.05, 0.1) is 18.2 Å². The first-order chi connectivity index (χ1) is 21.2. The van der Waals surface area contributed by atoms with E-state index >= 15 is 0 Å². The number of Topliss-reactive ketones (excluding diaryl/α,β-unsaturated/α-hetero) is 2. The number of ether oxygens (including phenoxy) is 1. The van der Waals surface area contributed by atoms with Crippen LogP contribution in [0.1, 0.15) is 34.8 Å². The normalized spacial score (nSPS) is 24.2. The number of rotatable bonds is 7. The van der Waals surface area contributed by atoms with Crippen LogP contribution in [0.25, 0.3) is 16.9 Å². The van der Waals surface area contributed by atoms with Crippen LogP contribution in [0.5, 0.6) is 5.75 Å². The van der Waals surface area contributed by atoms with Crippen LogP contribution in [0, 0.1) is 11.8 Å².